The fraction of sp³-hybridized carbons (Fsp3) is 0.333. The molecule has 1 atom stereocenters. The van der Waals surface area contributed by atoms with Crippen molar-refractivity contribution < 1.29 is 13.2 Å². The highest BCUT2D eigenvalue weighted by molar-refractivity contribution is 7.90. The van der Waals surface area contributed by atoms with E-state index in [0.29, 0.717) is 18.0 Å². The van der Waals surface area contributed by atoms with E-state index in [2.05, 4.69) is 16.5 Å². The van der Waals surface area contributed by atoms with Crippen molar-refractivity contribution in [1.82, 2.24) is 9.80 Å². The van der Waals surface area contributed by atoms with Gasteiger partial charge in [0.25, 0.3) is 15.9 Å². The van der Waals surface area contributed by atoms with Gasteiger partial charge in [-0.05, 0) is 30.6 Å². The predicted octanol–water partition coefficient (Wildman–Crippen LogP) is 1.85. The molecule has 0 saturated carbocycles. The molecule has 3 aliphatic heterocycles. The Hall–Kier alpha value is -2.41. The zero-order valence-electron chi connectivity index (χ0n) is 13.7. The summed E-state index contributed by atoms with van der Waals surface area (Å²) in [5.74, 6) is 0.331. The van der Waals surface area contributed by atoms with E-state index in [0.717, 1.165) is 24.9 Å². The molecule has 0 radical (unpaired) electrons. The second-order valence-corrected chi connectivity index (χ2v) is 8.17. The Balaban J connectivity index is 1.58. The quantitative estimate of drug-likeness (QED) is 0.810. The maximum Gasteiger partial charge on any atom is 0.256 e. The summed E-state index contributed by atoms with van der Waals surface area (Å²) >= 11 is 0. The largest absolute Gasteiger partial charge is 0.332 e. The first kappa shape index (κ1) is 16.1. The van der Waals surface area contributed by atoms with Gasteiger partial charge in [-0.3, -0.25) is 4.79 Å². The molecule has 4 rings (SSSR count). The maximum atomic E-state index is 13.0. The Bertz CT molecular complexity index is 887. The number of benzene rings is 1. The zero-order valence-corrected chi connectivity index (χ0v) is 14.5. The van der Waals surface area contributed by atoms with Gasteiger partial charge in [-0.1, -0.05) is 30.3 Å². The number of hydrogen-bond donors (Lipinski definition) is 0. The van der Waals surface area contributed by atoms with Gasteiger partial charge in [0.15, 0.2) is 0 Å². The number of carbonyl (C=O) groups is 1. The SMILES string of the molecule is O=C(C1=CN2CCS(=O)(=O)N=C2C=C1)N1CCCC1c1ccccc1. The lowest BCUT2D eigenvalue weighted by Crippen LogP contribution is -2.39. The van der Waals surface area contributed by atoms with Gasteiger partial charge < -0.3 is 9.80 Å². The molecule has 0 aliphatic carbocycles. The topological polar surface area (TPSA) is 70.0 Å². The average Bonchev–Trinajstić information content (AvgIpc) is 3.10. The summed E-state index contributed by atoms with van der Waals surface area (Å²) in [7, 11) is -3.38. The average molecular weight is 357 g/mol. The molecule has 0 bridgehead atoms. The van der Waals surface area contributed by atoms with Crippen molar-refractivity contribution in [2.45, 2.75) is 18.9 Å². The molecule has 3 aliphatic rings. The second-order valence-electron chi connectivity index (χ2n) is 6.41. The minimum Gasteiger partial charge on any atom is -0.332 e. The zero-order chi connectivity index (χ0) is 17.4. The first-order valence-electron chi connectivity index (χ1n) is 8.39. The summed E-state index contributed by atoms with van der Waals surface area (Å²) in [6.07, 6.45) is 6.94. The third-order valence-electron chi connectivity index (χ3n) is 4.77. The minimum absolute atomic E-state index is 0.0184. The molecule has 7 heteroatoms. The molecular formula is C18H19N3O3S. The fourth-order valence-corrected chi connectivity index (χ4v) is 4.49. The highest BCUT2D eigenvalue weighted by Gasteiger charge is 2.32. The van der Waals surface area contributed by atoms with E-state index >= 15 is 0 Å². The number of hydrogen-bond acceptors (Lipinski definition) is 4. The Morgan fingerprint density at radius 1 is 1.12 bits per heavy atom. The van der Waals surface area contributed by atoms with Gasteiger partial charge in [-0.15, -0.1) is 4.40 Å². The molecule has 1 amide bonds. The van der Waals surface area contributed by atoms with Gasteiger partial charge in [0.2, 0.25) is 0 Å². The smallest absolute Gasteiger partial charge is 0.256 e. The van der Waals surface area contributed by atoms with Gasteiger partial charge in [0, 0.05) is 19.3 Å². The molecule has 25 heavy (non-hydrogen) atoms. The molecule has 130 valence electrons. The van der Waals surface area contributed by atoms with Crippen LogP contribution in [0.3, 0.4) is 0 Å². The summed E-state index contributed by atoms with van der Waals surface area (Å²) < 4.78 is 26.9. The third kappa shape index (κ3) is 3.11. The Morgan fingerprint density at radius 2 is 1.92 bits per heavy atom. The van der Waals surface area contributed by atoms with Gasteiger partial charge in [0.05, 0.1) is 17.4 Å². The molecule has 0 spiro atoms. The summed E-state index contributed by atoms with van der Waals surface area (Å²) in [6, 6.07) is 10.2. The van der Waals surface area contributed by atoms with E-state index in [1.807, 2.05) is 23.1 Å². The molecule has 1 aromatic rings. The number of sulfonamides is 1. The molecule has 1 fully saturated rings. The van der Waals surface area contributed by atoms with E-state index in [4.69, 9.17) is 0 Å². The summed E-state index contributed by atoms with van der Waals surface area (Å²) in [4.78, 5) is 16.7. The summed E-state index contributed by atoms with van der Waals surface area (Å²) in [5.41, 5.74) is 1.72. The summed E-state index contributed by atoms with van der Waals surface area (Å²) in [5, 5.41) is 0. The van der Waals surface area contributed by atoms with Crippen molar-refractivity contribution in [2.24, 2.45) is 4.40 Å². The monoisotopic (exact) mass is 357 g/mol. The molecule has 1 aromatic carbocycles. The highest BCUT2D eigenvalue weighted by atomic mass is 32.2. The molecule has 1 saturated heterocycles. The van der Waals surface area contributed by atoms with Crippen molar-refractivity contribution >= 4 is 21.8 Å². The Labute approximate surface area is 147 Å². The molecule has 0 aromatic heterocycles. The first-order chi connectivity index (χ1) is 12.0. The second kappa shape index (κ2) is 6.15. The van der Waals surface area contributed by atoms with Crippen LogP contribution in [0, 0.1) is 0 Å². The lowest BCUT2D eigenvalue weighted by Gasteiger charge is -2.30. The van der Waals surface area contributed by atoms with Crippen LogP contribution in [0.25, 0.3) is 0 Å². The van der Waals surface area contributed by atoms with E-state index in [9.17, 15) is 13.2 Å². The van der Waals surface area contributed by atoms with Gasteiger partial charge in [0.1, 0.15) is 5.84 Å². The standard InChI is InChI=1S/C18H19N3O3S/c22-18(21-10-4-7-16(21)14-5-2-1-3-6-14)15-8-9-17-19-25(23,24)12-11-20(17)13-15/h1-3,5-6,8-9,13,16H,4,7,10-12H2. The van der Waals surface area contributed by atoms with Crippen LogP contribution < -0.4 is 0 Å². The normalized spacial score (nSPS) is 24.6. The number of amidine groups is 1. The highest BCUT2D eigenvalue weighted by Crippen LogP contribution is 2.33. The first-order valence-corrected chi connectivity index (χ1v) is 9.99. The lowest BCUT2D eigenvalue weighted by molar-refractivity contribution is -0.127. The van der Waals surface area contributed by atoms with Crippen molar-refractivity contribution in [3.63, 3.8) is 0 Å². The number of likely N-dealkylation sites (tertiary alicyclic amines) is 1. The van der Waals surface area contributed by atoms with Crippen molar-refractivity contribution in [2.75, 3.05) is 18.8 Å². The van der Waals surface area contributed by atoms with Crippen LogP contribution in [0.2, 0.25) is 0 Å². The third-order valence-corrected chi connectivity index (χ3v) is 5.93. The fourth-order valence-electron chi connectivity index (χ4n) is 3.52. The molecule has 0 N–H and O–H groups in total. The van der Waals surface area contributed by atoms with Crippen LogP contribution in [0.5, 0.6) is 0 Å². The number of carbonyl (C=O) groups excluding carboxylic acids is 1. The van der Waals surface area contributed by atoms with E-state index in [-0.39, 0.29) is 17.7 Å². The Morgan fingerprint density at radius 3 is 2.72 bits per heavy atom. The maximum absolute atomic E-state index is 13.0. The van der Waals surface area contributed by atoms with Crippen LogP contribution in [-0.4, -0.2) is 48.8 Å². The minimum atomic E-state index is -3.38. The van der Waals surface area contributed by atoms with Gasteiger partial charge in [-0.25, -0.2) is 8.42 Å². The predicted molar refractivity (Wildman–Crippen MR) is 95.3 cm³/mol. The number of rotatable bonds is 2. The lowest BCUT2D eigenvalue weighted by atomic mass is 10.0. The van der Waals surface area contributed by atoms with Crippen LogP contribution in [0.1, 0.15) is 24.4 Å². The number of fused-ring (bicyclic) bond motifs is 1. The van der Waals surface area contributed by atoms with Crippen LogP contribution in [-0.2, 0) is 14.8 Å². The van der Waals surface area contributed by atoms with Crippen molar-refractivity contribution in [3.8, 4) is 0 Å². The number of nitrogens with zero attached hydrogens (tertiary/aromatic N) is 3. The molecule has 6 nitrogen and oxygen atoms in total. The van der Waals surface area contributed by atoms with Gasteiger partial charge >= 0.3 is 0 Å². The van der Waals surface area contributed by atoms with E-state index in [1.165, 1.54) is 0 Å². The molecule has 3 heterocycles. The number of amides is 1. The van der Waals surface area contributed by atoms with Crippen LogP contribution in [0.15, 0.2) is 58.7 Å². The molecular weight excluding hydrogens is 338 g/mol. The van der Waals surface area contributed by atoms with E-state index < -0.39 is 10.0 Å². The van der Waals surface area contributed by atoms with Gasteiger partial charge in [-0.2, -0.15) is 0 Å². The van der Waals surface area contributed by atoms with Crippen molar-refractivity contribution in [1.29, 1.82) is 0 Å². The van der Waals surface area contributed by atoms with Crippen LogP contribution in [0.4, 0.5) is 0 Å². The van der Waals surface area contributed by atoms with Crippen molar-refractivity contribution in [3.05, 3.63) is 59.8 Å². The molecule has 1 unspecified atom stereocenters. The summed E-state index contributed by atoms with van der Waals surface area (Å²) in [6.45, 7) is 1.06. The van der Waals surface area contributed by atoms with E-state index in [1.54, 1.807) is 23.3 Å². The van der Waals surface area contributed by atoms with Crippen LogP contribution >= 0.6 is 0 Å². The Kier molecular flexibility index (Phi) is 3.95.